The lowest BCUT2D eigenvalue weighted by atomic mass is 9.69. The van der Waals surface area contributed by atoms with E-state index in [2.05, 4.69) is 29.4 Å². The number of hydrogen-bond donors (Lipinski definition) is 1. The minimum absolute atomic E-state index is 0.209. The number of aromatic nitrogens is 2. The van der Waals surface area contributed by atoms with Crippen molar-refractivity contribution in [2.75, 3.05) is 6.54 Å². The molecule has 0 unspecified atom stereocenters. The van der Waals surface area contributed by atoms with Gasteiger partial charge in [0.25, 0.3) is 0 Å². The van der Waals surface area contributed by atoms with Crippen LogP contribution in [-0.2, 0) is 5.41 Å². The minimum atomic E-state index is 0.209. The van der Waals surface area contributed by atoms with E-state index in [9.17, 15) is 0 Å². The fraction of sp³-hybridized carbons (Fsp3) is 0.438. The topological polar surface area (TPSA) is 43.8 Å². The first-order valence-corrected chi connectivity index (χ1v) is 7.15. The number of nitrogens with zero attached hydrogens (tertiary/aromatic N) is 2. The maximum atomic E-state index is 6.09. The molecule has 0 spiro atoms. The summed E-state index contributed by atoms with van der Waals surface area (Å²) in [6.07, 6.45) is 10.2. The average Bonchev–Trinajstić information content (AvgIpc) is 3.02. The van der Waals surface area contributed by atoms with E-state index >= 15 is 0 Å². The van der Waals surface area contributed by atoms with Gasteiger partial charge in [0.15, 0.2) is 0 Å². The molecule has 1 aromatic carbocycles. The molecule has 3 rings (SSSR count). The molecule has 100 valence electrons. The van der Waals surface area contributed by atoms with Gasteiger partial charge in [0.2, 0.25) is 0 Å². The Morgan fingerprint density at radius 3 is 2.42 bits per heavy atom. The fourth-order valence-corrected chi connectivity index (χ4v) is 3.23. The quantitative estimate of drug-likeness (QED) is 0.916. The van der Waals surface area contributed by atoms with Crippen LogP contribution in [0.15, 0.2) is 42.7 Å². The summed E-state index contributed by atoms with van der Waals surface area (Å²) in [4.78, 5) is 0. The van der Waals surface area contributed by atoms with Crippen LogP contribution in [0.25, 0.3) is 5.69 Å². The third kappa shape index (κ3) is 2.30. The van der Waals surface area contributed by atoms with Crippen molar-refractivity contribution in [2.45, 2.75) is 37.5 Å². The first-order valence-electron chi connectivity index (χ1n) is 7.15. The average molecular weight is 255 g/mol. The predicted molar refractivity (Wildman–Crippen MR) is 77.4 cm³/mol. The molecule has 19 heavy (non-hydrogen) atoms. The van der Waals surface area contributed by atoms with Crippen LogP contribution in [0.3, 0.4) is 0 Å². The van der Waals surface area contributed by atoms with Crippen molar-refractivity contribution in [3.05, 3.63) is 48.3 Å². The van der Waals surface area contributed by atoms with Crippen LogP contribution in [0, 0.1) is 0 Å². The van der Waals surface area contributed by atoms with E-state index in [-0.39, 0.29) is 5.41 Å². The van der Waals surface area contributed by atoms with Crippen LogP contribution >= 0.6 is 0 Å². The van der Waals surface area contributed by atoms with E-state index in [0.29, 0.717) is 0 Å². The van der Waals surface area contributed by atoms with E-state index < -0.39 is 0 Å². The van der Waals surface area contributed by atoms with E-state index in [1.54, 1.807) is 6.20 Å². The van der Waals surface area contributed by atoms with Gasteiger partial charge in [-0.1, -0.05) is 31.4 Å². The van der Waals surface area contributed by atoms with Crippen LogP contribution < -0.4 is 5.73 Å². The van der Waals surface area contributed by atoms with Gasteiger partial charge in [0, 0.05) is 24.4 Å². The highest BCUT2D eigenvalue weighted by Crippen LogP contribution is 2.38. The Hall–Kier alpha value is -1.61. The molecule has 1 aromatic heterocycles. The first kappa shape index (κ1) is 12.4. The highest BCUT2D eigenvalue weighted by atomic mass is 15.3. The maximum Gasteiger partial charge on any atom is 0.0645 e. The van der Waals surface area contributed by atoms with Crippen molar-refractivity contribution >= 4 is 0 Å². The molecular formula is C16H21N3. The number of rotatable bonds is 3. The maximum absolute atomic E-state index is 6.09. The molecule has 0 radical (unpaired) electrons. The molecule has 1 heterocycles. The summed E-state index contributed by atoms with van der Waals surface area (Å²) in [5.74, 6) is 0. The minimum Gasteiger partial charge on any atom is -0.330 e. The Labute approximate surface area is 114 Å². The molecular weight excluding hydrogens is 234 g/mol. The number of benzene rings is 1. The van der Waals surface area contributed by atoms with Gasteiger partial charge in [-0.05, 0) is 36.6 Å². The Bertz CT molecular complexity index is 507. The first-order chi connectivity index (χ1) is 9.34. The summed E-state index contributed by atoms with van der Waals surface area (Å²) in [7, 11) is 0. The molecule has 0 aliphatic heterocycles. The van der Waals surface area contributed by atoms with Gasteiger partial charge in [-0.15, -0.1) is 0 Å². The molecule has 1 aliphatic carbocycles. The molecule has 0 saturated heterocycles. The summed E-state index contributed by atoms with van der Waals surface area (Å²) in [5.41, 5.74) is 8.80. The zero-order chi connectivity index (χ0) is 13.1. The van der Waals surface area contributed by atoms with Crippen LogP contribution in [0.1, 0.15) is 37.7 Å². The summed E-state index contributed by atoms with van der Waals surface area (Å²) in [6, 6.07) is 10.7. The second kappa shape index (κ2) is 5.17. The van der Waals surface area contributed by atoms with Crippen LogP contribution in [0.4, 0.5) is 0 Å². The second-order valence-corrected chi connectivity index (χ2v) is 5.54. The van der Waals surface area contributed by atoms with Gasteiger partial charge >= 0.3 is 0 Å². The van der Waals surface area contributed by atoms with Crippen molar-refractivity contribution in [1.82, 2.24) is 9.78 Å². The van der Waals surface area contributed by atoms with Gasteiger partial charge in [-0.3, -0.25) is 0 Å². The molecule has 2 aromatic rings. The lowest BCUT2D eigenvalue weighted by Gasteiger charge is -2.37. The van der Waals surface area contributed by atoms with Gasteiger partial charge in [0.05, 0.1) is 5.69 Å². The normalized spacial score (nSPS) is 18.4. The zero-order valence-electron chi connectivity index (χ0n) is 11.3. The summed E-state index contributed by atoms with van der Waals surface area (Å²) < 4.78 is 1.89. The Balaban J connectivity index is 1.89. The smallest absolute Gasteiger partial charge is 0.0645 e. The fourth-order valence-electron chi connectivity index (χ4n) is 3.23. The molecule has 1 fully saturated rings. The number of nitrogens with two attached hydrogens (primary N) is 1. The largest absolute Gasteiger partial charge is 0.330 e. The molecule has 0 amide bonds. The molecule has 1 aliphatic rings. The number of hydrogen-bond acceptors (Lipinski definition) is 2. The Morgan fingerprint density at radius 2 is 1.84 bits per heavy atom. The SMILES string of the molecule is NCC1(c2ccc(-n3cccn3)cc2)CCCCC1. The third-order valence-electron chi connectivity index (χ3n) is 4.45. The predicted octanol–water partition coefficient (Wildman–Crippen LogP) is 3.03. The molecule has 0 bridgehead atoms. The molecule has 1 saturated carbocycles. The van der Waals surface area contributed by atoms with Gasteiger partial charge in [0.1, 0.15) is 0 Å². The lowest BCUT2D eigenvalue weighted by molar-refractivity contribution is 0.301. The second-order valence-electron chi connectivity index (χ2n) is 5.54. The van der Waals surface area contributed by atoms with E-state index in [0.717, 1.165) is 12.2 Å². The molecule has 0 atom stereocenters. The van der Waals surface area contributed by atoms with Gasteiger partial charge in [-0.2, -0.15) is 5.10 Å². The van der Waals surface area contributed by atoms with Crippen molar-refractivity contribution in [1.29, 1.82) is 0 Å². The van der Waals surface area contributed by atoms with E-state index in [1.165, 1.54) is 37.7 Å². The lowest BCUT2D eigenvalue weighted by Crippen LogP contribution is -2.37. The van der Waals surface area contributed by atoms with Crippen molar-refractivity contribution < 1.29 is 0 Å². The van der Waals surface area contributed by atoms with Crippen LogP contribution in [0.2, 0.25) is 0 Å². The van der Waals surface area contributed by atoms with Gasteiger partial charge in [-0.25, -0.2) is 4.68 Å². The van der Waals surface area contributed by atoms with Crippen molar-refractivity contribution in [2.24, 2.45) is 5.73 Å². The van der Waals surface area contributed by atoms with Crippen LogP contribution in [0.5, 0.6) is 0 Å². The zero-order valence-corrected chi connectivity index (χ0v) is 11.3. The molecule has 2 N–H and O–H groups in total. The third-order valence-corrected chi connectivity index (χ3v) is 4.45. The van der Waals surface area contributed by atoms with Crippen molar-refractivity contribution in [3.63, 3.8) is 0 Å². The standard InChI is InChI=1S/C16H21N3/c17-13-16(9-2-1-3-10-16)14-5-7-15(8-6-14)19-12-4-11-18-19/h4-8,11-12H,1-3,9-10,13,17H2. The van der Waals surface area contributed by atoms with E-state index in [1.807, 2.05) is 16.9 Å². The highest BCUT2D eigenvalue weighted by Gasteiger charge is 2.32. The Kier molecular flexibility index (Phi) is 3.38. The highest BCUT2D eigenvalue weighted by molar-refractivity contribution is 5.37. The van der Waals surface area contributed by atoms with E-state index in [4.69, 9.17) is 5.73 Å². The Morgan fingerprint density at radius 1 is 1.11 bits per heavy atom. The van der Waals surface area contributed by atoms with Crippen LogP contribution in [-0.4, -0.2) is 16.3 Å². The van der Waals surface area contributed by atoms with Crippen molar-refractivity contribution in [3.8, 4) is 5.69 Å². The van der Waals surface area contributed by atoms with Gasteiger partial charge < -0.3 is 5.73 Å². The molecule has 3 heteroatoms. The molecule has 3 nitrogen and oxygen atoms in total. The monoisotopic (exact) mass is 255 g/mol. The summed E-state index contributed by atoms with van der Waals surface area (Å²) >= 11 is 0. The summed E-state index contributed by atoms with van der Waals surface area (Å²) in [6.45, 7) is 0.758. The summed E-state index contributed by atoms with van der Waals surface area (Å²) in [5, 5.41) is 4.26.